The van der Waals surface area contributed by atoms with E-state index in [0.29, 0.717) is 0 Å². The second-order valence-electron chi connectivity index (χ2n) is 4.64. The van der Waals surface area contributed by atoms with Crippen molar-refractivity contribution in [1.82, 2.24) is 0 Å². The average Bonchev–Trinajstić information content (AvgIpc) is 2.49. The first-order chi connectivity index (χ1) is 7.15. The van der Waals surface area contributed by atoms with E-state index in [1.165, 1.54) is 6.42 Å². The molecule has 0 radical (unpaired) electrons. The largest absolute Gasteiger partial charge is 1.00 e. The summed E-state index contributed by atoms with van der Waals surface area (Å²) in [7, 11) is 0. The van der Waals surface area contributed by atoms with Gasteiger partial charge in [-0.25, -0.2) is 0 Å². The normalized spacial score (nSPS) is 28.8. The van der Waals surface area contributed by atoms with E-state index in [-0.39, 0.29) is 53.9 Å². The SMILES string of the molecule is CCCCCC1C(O)CCC1CC(=O)[O-].[Na+]. The Bertz CT molecular complexity index is 208. The van der Waals surface area contributed by atoms with E-state index in [1.807, 2.05) is 0 Å². The second kappa shape index (κ2) is 8.51. The molecule has 1 saturated carbocycles. The smallest absolute Gasteiger partial charge is 0.550 e. The molecule has 0 bridgehead atoms. The molecule has 3 nitrogen and oxygen atoms in total. The van der Waals surface area contributed by atoms with Gasteiger partial charge in [0.2, 0.25) is 0 Å². The monoisotopic (exact) mass is 236 g/mol. The Morgan fingerprint density at radius 2 is 2.06 bits per heavy atom. The molecule has 3 unspecified atom stereocenters. The minimum absolute atomic E-state index is 0. The molecule has 4 heteroatoms. The summed E-state index contributed by atoms with van der Waals surface area (Å²) >= 11 is 0. The van der Waals surface area contributed by atoms with Gasteiger partial charge < -0.3 is 15.0 Å². The Hall–Kier alpha value is 0.430. The summed E-state index contributed by atoms with van der Waals surface area (Å²) in [6.45, 7) is 2.14. The predicted octanol–water partition coefficient (Wildman–Crippen LogP) is -1.90. The van der Waals surface area contributed by atoms with Crippen LogP contribution < -0.4 is 34.7 Å². The summed E-state index contributed by atoms with van der Waals surface area (Å²) < 4.78 is 0. The number of hydrogen-bond acceptors (Lipinski definition) is 3. The second-order valence-corrected chi connectivity index (χ2v) is 4.64. The van der Waals surface area contributed by atoms with E-state index in [2.05, 4.69) is 6.92 Å². The number of aliphatic carboxylic acids is 1. The molecule has 1 aliphatic rings. The van der Waals surface area contributed by atoms with Crippen LogP contribution in [0.2, 0.25) is 0 Å². The maximum atomic E-state index is 10.5. The maximum Gasteiger partial charge on any atom is 1.00 e. The summed E-state index contributed by atoms with van der Waals surface area (Å²) in [6, 6.07) is 0. The van der Waals surface area contributed by atoms with Gasteiger partial charge >= 0.3 is 29.6 Å². The fraction of sp³-hybridized carbons (Fsp3) is 0.917. The van der Waals surface area contributed by atoms with Crippen LogP contribution in [0.4, 0.5) is 0 Å². The average molecular weight is 236 g/mol. The molecule has 1 rings (SSSR count). The molecule has 0 aromatic carbocycles. The van der Waals surface area contributed by atoms with Crippen LogP contribution in [0.5, 0.6) is 0 Å². The first-order valence-corrected chi connectivity index (χ1v) is 6.03. The number of aliphatic hydroxyl groups is 1. The van der Waals surface area contributed by atoms with Crippen LogP contribution in [0, 0.1) is 11.8 Å². The third-order valence-electron chi connectivity index (χ3n) is 3.50. The fourth-order valence-corrected chi connectivity index (χ4v) is 2.65. The first-order valence-electron chi connectivity index (χ1n) is 6.03. The van der Waals surface area contributed by atoms with Gasteiger partial charge in [-0.1, -0.05) is 26.2 Å². The van der Waals surface area contributed by atoms with Crippen LogP contribution in [0.15, 0.2) is 0 Å². The number of unbranched alkanes of at least 4 members (excludes halogenated alkanes) is 2. The Balaban J connectivity index is 0.00000225. The topological polar surface area (TPSA) is 60.4 Å². The molecule has 3 atom stereocenters. The number of aliphatic hydroxyl groups excluding tert-OH is 1. The van der Waals surface area contributed by atoms with E-state index in [4.69, 9.17) is 0 Å². The van der Waals surface area contributed by atoms with Gasteiger partial charge in [-0.3, -0.25) is 0 Å². The zero-order chi connectivity index (χ0) is 11.3. The number of rotatable bonds is 6. The zero-order valence-electron chi connectivity index (χ0n) is 10.4. The Kier molecular flexibility index (Phi) is 8.74. The van der Waals surface area contributed by atoms with E-state index in [9.17, 15) is 15.0 Å². The molecular formula is C12H21NaO3. The van der Waals surface area contributed by atoms with Gasteiger partial charge in [0.05, 0.1) is 6.10 Å². The third kappa shape index (κ3) is 5.17. The number of carboxylic acids is 1. The van der Waals surface area contributed by atoms with Crippen LogP contribution in [-0.2, 0) is 4.79 Å². The van der Waals surface area contributed by atoms with E-state index in [0.717, 1.165) is 32.1 Å². The fourth-order valence-electron chi connectivity index (χ4n) is 2.65. The molecule has 88 valence electrons. The van der Waals surface area contributed by atoms with Crippen molar-refractivity contribution < 1.29 is 44.6 Å². The van der Waals surface area contributed by atoms with Crippen LogP contribution >= 0.6 is 0 Å². The molecular weight excluding hydrogens is 215 g/mol. The van der Waals surface area contributed by atoms with Crippen LogP contribution in [0.3, 0.4) is 0 Å². The molecule has 0 saturated heterocycles. The van der Waals surface area contributed by atoms with E-state index < -0.39 is 5.97 Å². The van der Waals surface area contributed by atoms with Crippen LogP contribution in [0.1, 0.15) is 51.9 Å². The molecule has 1 N–H and O–H groups in total. The summed E-state index contributed by atoms with van der Waals surface area (Å²) in [6.07, 6.45) is 5.82. The van der Waals surface area contributed by atoms with E-state index in [1.54, 1.807) is 0 Å². The van der Waals surface area contributed by atoms with Crippen molar-refractivity contribution in [3.05, 3.63) is 0 Å². The van der Waals surface area contributed by atoms with Crippen molar-refractivity contribution in [2.45, 2.75) is 58.0 Å². The van der Waals surface area contributed by atoms with E-state index >= 15 is 0 Å². The van der Waals surface area contributed by atoms with Gasteiger partial charge in [0.15, 0.2) is 0 Å². The zero-order valence-corrected chi connectivity index (χ0v) is 12.4. The third-order valence-corrected chi connectivity index (χ3v) is 3.50. The van der Waals surface area contributed by atoms with Gasteiger partial charge in [0.25, 0.3) is 0 Å². The van der Waals surface area contributed by atoms with Crippen molar-refractivity contribution in [3.63, 3.8) is 0 Å². The summed E-state index contributed by atoms with van der Waals surface area (Å²) in [5.41, 5.74) is 0. The minimum atomic E-state index is -0.977. The number of carbonyl (C=O) groups is 1. The Morgan fingerprint density at radius 1 is 1.38 bits per heavy atom. The van der Waals surface area contributed by atoms with Crippen molar-refractivity contribution >= 4 is 5.97 Å². The van der Waals surface area contributed by atoms with Gasteiger partial charge in [0, 0.05) is 5.97 Å². The molecule has 0 aliphatic heterocycles. The van der Waals surface area contributed by atoms with Crippen molar-refractivity contribution in [1.29, 1.82) is 0 Å². The van der Waals surface area contributed by atoms with Crippen molar-refractivity contribution in [2.75, 3.05) is 0 Å². The number of carbonyl (C=O) groups excluding carboxylic acids is 1. The molecule has 0 aromatic heterocycles. The van der Waals surface area contributed by atoms with Crippen LogP contribution in [0.25, 0.3) is 0 Å². The van der Waals surface area contributed by atoms with Crippen molar-refractivity contribution in [2.24, 2.45) is 11.8 Å². The Labute approximate surface area is 120 Å². The molecule has 0 amide bonds. The summed E-state index contributed by atoms with van der Waals surface area (Å²) in [5, 5.41) is 20.3. The number of hydrogen-bond donors (Lipinski definition) is 1. The summed E-state index contributed by atoms with van der Waals surface area (Å²) in [5.74, 6) is -0.647. The first kappa shape index (κ1) is 16.4. The quantitative estimate of drug-likeness (QED) is 0.433. The standard InChI is InChI=1S/C12H22O3.Na/c1-2-3-4-5-10-9(8-12(14)15)6-7-11(10)13;/h9-11,13H,2-8H2,1H3,(H,14,15);/q;+1/p-1. The predicted molar refractivity (Wildman–Crippen MR) is 56.0 cm³/mol. The molecule has 0 heterocycles. The Morgan fingerprint density at radius 3 is 2.62 bits per heavy atom. The molecule has 0 aromatic rings. The minimum Gasteiger partial charge on any atom is -0.550 e. The molecule has 1 fully saturated rings. The van der Waals surface area contributed by atoms with Gasteiger partial charge in [0.1, 0.15) is 0 Å². The van der Waals surface area contributed by atoms with Gasteiger partial charge in [-0.05, 0) is 37.5 Å². The van der Waals surface area contributed by atoms with Crippen LogP contribution in [-0.4, -0.2) is 17.2 Å². The van der Waals surface area contributed by atoms with Gasteiger partial charge in [-0.15, -0.1) is 0 Å². The molecule has 0 spiro atoms. The maximum absolute atomic E-state index is 10.5. The van der Waals surface area contributed by atoms with Crippen molar-refractivity contribution in [3.8, 4) is 0 Å². The summed E-state index contributed by atoms with van der Waals surface area (Å²) in [4.78, 5) is 10.5. The molecule has 1 aliphatic carbocycles. The van der Waals surface area contributed by atoms with Gasteiger partial charge in [-0.2, -0.15) is 0 Å². The number of carboxylic acid groups (broad SMARTS) is 1. The molecule has 16 heavy (non-hydrogen) atoms.